The number of rotatable bonds is 6. The quantitative estimate of drug-likeness (QED) is 0.203. The number of hydrogen-bond donors (Lipinski definition) is 2. The predicted molar refractivity (Wildman–Crippen MR) is 131 cm³/mol. The Morgan fingerprint density at radius 1 is 1.33 bits per heavy atom. The third-order valence-electron chi connectivity index (χ3n) is 4.58. The van der Waals surface area contributed by atoms with Crippen LogP contribution in [0, 0.1) is 13.8 Å². The number of para-hydroxylation sites is 1. The molecular formula is C21H27IN4O3S. The number of carbonyl (C=O) groups is 1. The van der Waals surface area contributed by atoms with Gasteiger partial charge in [-0.15, -0.1) is 35.3 Å². The van der Waals surface area contributed by atoms with Gasteiger partial charge in [-0.05, 0) is 33.8 Å². The Morgan fingerprint density at radius 2 is 2.07 bits per heavy atom. The van der Waals surface area contributed by atoms with Crippen molar-refractivity contribution in [2.24, 2.45) is 4.99 Å². The molecule has 2 aromatic heterocycles. The highest BCUT2D eigenvalue weighted by Crippen LogP contribution is 2.25. The van der Waals surface area contributed by atoms with Gasteiger partial charge in [-0.2, -0.15) is 0 Å². The number of thiazole rings is 1. The number of benzene rings is 1. The maximum Gasteiger partial charge on any atom is 0.350 e. The van der Waals surface area contributed by atoms with E-state index in [9.17, 15) is 4.79 Å². The third kappa shape index (κ3) is 5.31. The van der Waals surface area contributed by atoms with Gasteiger partial charge in [0.15, 0.2) is 5.96 Å². The van der Waals surface area contributed by atoms with Gasteiger partial charge in [0.1, 0.15) is 21.2 Å². The Kier molecular flexibility index (Phi) is 8.65. The highest BCUT2D eigenvalue weighted by molar-refractivity contribution is 14.0. The van der Waals surface area contributed by atoms with E-state index in [-0.39, 0.29) is 36.0 Å². The summed E-state index contributed by atoms with van der Waals surface area (Å²) in [5.74, 6) is 1.17. The second-order valence-corrected chi connectivity index (χ2v) is 7.66. The fourth-order valence-corrected chi connectivity index (χ4v) is 3.97. The minimum atomic E-state index is -0.330. The van der Waals surface area contributed by atoms with Gasteiger partial charge >= 0.3 is 5.97 Å². The summed E-state index contributed by atoms with van der Waals surface area (Å²) in [7, 11) is 1.71. The molecule has 3 aromatic rings. The molecule has 0 spiro atoms. The van der Waals surface area contributed by atoms with Crippen LogP contribution in [0.2, 0.25) is 0 Å². The van der Waals surface area contributed by atoms with Crippen LogP contribution in [0.5, 0.6) is 0 Å². The summed E-state index contributed by atoms with van der Waals surface area (Å²) >= 11 is 1.34. The largest absolute Gasteiger partial charge is 0.462 e. The molecule has 3 rings (SSSR count). The number of esters is 1. The van der Waals surface area contributed by atoms with E-state index in [1.807, 2.05) is 32.0 Å². The van der Waals surface area contributed by atoms with Crippen LogP contribution in [0.25, 0.3) is 11.0 Å². The van der Waals surface area contributed by atoms with E-state index >= 15 is 0 Å². The van der Waals surface area contributed by atoms with E-state index in [2.05, 4.69) is 33.6 Å². The molecule has 0 bridgehead atoms. The summed E-state index contributed by atoms with van der Waals surface area (Å²) in [6, 6.07) is 7.87. The number of nitrogens with zero attached hydrogens (tertiary/aromatic N) is 2. The highest BCUT2D eigenvalue weighted by Gasteiger charge is 2.20. The van der Waals surface area contributed by atoms with E-state index in [0.29, 0.717) is 29.7 Å². The van der Waals surface area contributed by atoms with Crippen LogP contribution in [0.15, 0.2) is 33.7 Å². The van der Waals surface area contributed by atoms with Gasteiger partial charge in [0.05, 0.1) is 24.9 Å². The molecule has 0 aliphatic rings. The maximum atomic E-state index is 12.0. The Balaban J connectivity index is 0.00000320. The molecule has 0 fully saturated rings. The topological polar surface area (TPSA) is 88.8 Å². The summed E-state index contributed by atoms with van der Waals surface area (Å²) in [6.07, 6.45) is 0. The Bertz CT molecular complexity index is 1040. The monoisotopic (exact) mass is 542 g/mol. The van der Waals surface area contributed by atoms with Crippen molar-refractivity contribution in [1.82, 2.24) is 15.6 Å². The Labute approximate surface area is 197 Å². The van der Waals surface area contributed by atoms with Crippen LogP contribution in [0.3, 0.4) is 0 Å². The number of aromatic nitrogens is 1. The molecule has 0 aliphatic carbocycles. The summed E-state index contributed by atoms with van der Waals surface area (Å²) in [4.78, 5) is 21.4. The number of hydrogen-bond acceptors (Lipinski definition) is 6. The number of aliphatic imine (C=N–C) groups is 1. The second kappa shape index (κ2) is 10.8. The average Bonchev–Trinajstić information content (AvgIpc) is 3.26. The number of nitrogens with one attached hydrogen (secondary N) is 2. The number of halogens is 1. The summed E-state index contributed by atoms with van der Waals surface area (Å²) in [5.41, 5.74) is 2.67. The first-order chi connectivity index (χ1) is 13.9. The second-order valence-electron chi connectivity index (χ2n) is 6.63. The first kappa shape index (κ1) is 24.1. The van der Waals surface area contributed by atoms with Gasteiger partial charge in [-0.1, -0.05) is 18.2 Å². The van der Waals surface area contributed by atoms with Crippen LogP contribution in [0.4, 0.5) is 0 Å². The lowest BCUT2D eigenvalue weighted by Crippen LogP contribution is -2.38. The molecule has 0 aliphatic heterocycles. The maximum absolute atomic E-state index is 12.0. The molecule has 9 heteroatoms. The lowest BCUT2D eigenvalue weighted by atomic mass is 10.1. The molecule has 0 amide bonds. The molecular weight excluding hydrogens is 515 g/mol. The van der Waals surface area contributed by atoms with Gasteiger partial charge in [0.25, 0.3) is 0 Å². The summed E-state index contributed by atoms with van der Waals surface area (Å²) in [6.45, 7) is 8.49. The molecule has 0 radical (unpaired) electrons. The molecule has 7 nitrogen and oxygen atoms in total. The van der Waals surface area contributed by atoms with Crippen LogP contribution in [-0.2, 0) is 11.3 Å². The molecule has 1 atom stereocenters. The van der Waals surface area contributed by atoms with Gasteiger partial charge in [0.2, 0.25) is 0 Å². The van der Waals surface area contributed by atoms with Gasteiger partial charge < -0.3 is 19.8 Å². The number of aryl methyl sites for hydroxylation is 2. The zero-order valence-corrected chi connectivity index (χ0v) is 20.9. The molecule has 0 saturated heterocycles. The van der Waals surface area contributed by atoms with Crippen LogP contribution < -0.4 is 10.6 Å². The number of fused-ring (bicyclic) bond motifs is 1. The normalized spacial score (nSPS) is 12.4. The zero-order chi connectivity index (χ0) is 21.0. The molecule has 1 aromatic carbocycles. The van der Waals surface area contributed by atoms with Crippen molar-refractivity contribution in [2.75, 3.05) is 13.7 Å². The fourth-order valence-electron chi connectivity index (χ4n) is 3.01. The summed E-state index contributed by atoms with van der Waals surface area (Å²) in [5, 5.41) is 8.51. The van der Waals surface area contributed by atoms with Crippen molar-refractivity contribution in [2.45, 2.75) is 40.3 Å². The van der Waals surface area contributed by atoms with Gasteiger partial charge in [0, 0.05) is 18.0 Å². The van der Waals surface area contributed by atoms with Crippen molar-refractivity contribution >= 4 is 58.2 Å². The van der Waals surface area contributed by atoms with Crippen LogP contribution in [0.1, 0.15) is 51.6 Å². The van der Waals surface area contributed by atoms with Crippen LogP contribution >= 0.6 is 35.3 Å². The smallest absolute Gasteiger partial charge is 0.350 e. The zero-order valence-electron chi connectivity index (χ0n) is 17.7. The molecule has 162 valence electrons. The van der Waals surface area contributed by atoms with E-state index < -0.39 is 0 Å². The Hall–Kier alpha value is -2.14. The lowest BCUT2D eigenvalue weighted by molar-refractivity contribution is 0.0531. The van der Waals surface area contributed by atoms with Crippen molar-refractivity contribution in [3.8, 4) is 0 Å². The van der Waals surface area contributed by atoms with E-state index in [1.165, 1.54) is 11.3 Å². The molecule has 1 unspecified atom stereocenters. The van der Waals surface area contributed by atoms with Crippen LogP contribution in [-0.4, -0.2) is 30.6 Å². The number of ether oxygens (including phenoxy) is 1. The number of guanidine groups is 1. The third-order valence-corrected chi connectivity index (χ3v) is 5.90. The minimum Gasteiger partial charge on any atom is -0.462 e. The minimum absolute atomic E-state index is 0. The SMILES string of the molecule is CCOC(=O)c1sc(C(C)NC(=NC)NCc2oc3ccccc3c2C)nc1C.I. The first-order valence-electron chi connectivity index (χ1n) is 9.53. The van der Waals surface area contributed by atoms with Crippen molar-refractivity contribution in [3.05, 3.63) is 51.2 Å². The molecule has 30 heavy (non-hydrogen) atoms. The molecule has 0 saturated carbocycles. The molecule has 2 heterocycles. The Morgan fingerprint density at radius 3 is 2.73 bits per heavy atom. The van der Waals surface area contributed by atoms with Crippen molar-refractivity contribution in [1.29, 1.82) is 0 Å². The van der Waals surface area contributed by atoms with Gasteiger partial charge in [-0.3, -0.25) is 4.99 Å². The average molecular weight is 542 g/mol. The van der Waals surface area contributed by atoms with E-state index in [1.54, 1.807) is 14.0 Å². The van der Waals surface area contributed by atoms with E-state index in [4.69, 9.17) is 9.15 Å². The summed E-state index contributed by atoms with van der Waals surface area (Å²) < 4.78 is 11.0. The van der Waals surface area contributed by atoms with Gasteiger partial charge in [-0.25, -0.2) is 9.78 Å². The fraction of sp³-hybridized carbons (Fsp3) is 0.381. The van der Waals surface area contributed by atoms with Crippen molar-refractivity contribution in [3.63, 3.8) is 0 Å². The van der Waals surface area contributed by atoms with E-state index in [0.717, 1.165) is 27.3 Å². The standard InChI is InChI=1S/C21H26N4O3S.HI/c1-6-27-20(26)18-13(3)24-19(29-18)14(4)25-21(22-5)23-11-17-12(2)15-9-7-8-10-16(15)28-17;/h7-10,14H,6,11H2,1-5H3,(H2,22,23,25);1H. The number of carbonyl (C=O) groups excluding carboxylic acids is 1. The van der Waals surface area contributed by atoms with Crippen molar-refractivity contribution < 1.29 is 13.9 Å². The highest BCUT2D eigenvalue weighted by atomic mass is 127. The molecule has 2 N–H and O–H groups in total. The first-order valence-corrected chi connectivity index (χ1v) is 10.3. The predicted octanol–water partition coefficient (Wildman–Crippen LogP) is 4.73. The number of furan rings is 1. The lowest BCUT2D eigenvalue weighted by Gasteiger charge is -2.15.